The lowest BCUT2D eigenvalue weighted by molar-refractivity contribution is -0.121. The molecule has 0 saturated carbocycles. The molecule has 4 rings (SSSR count). The van der Waals surface area contributed by atoms with Gasteiger partial charge < -0.3 is 10.3 Å². The minimum Gasteiger partial charge on any atom is -0.346 e. The van der Waals surface area contributed by atoms with Gasteiger partial charge in [-0.1, -0.05) is 48.5 Å². The fourth-order valence-corrected chi connectivity index (χ4v) is 3.76. The molecule has 0 bridgehead atoms. The third-order valence-corrected chi connectivity index (χ3v) is 5.25. The van der Waals surface area contributed by atoms with Crippen LogP contribution in [0.1, 0.15) is 48.3 Å². The van der Waals surface area contributed by atoms with Gasteiger partial charge in [-0.05, 0) is 54.9 Å². The first-order valence-corrected chi connectivity index (χ1v) is 9.69. The van der Waals surface area contributed by atoms with Crippen LogP contribution in [0.5, 0.6) is 0 Å². The Morgan fingerprint density at radius 2 is 1.89 bits per heavy atom. The Balaban J connectivity index is 1.39. The molecule has 1 aliphatic carbocycles. The van der Waals surface area contributed by atoms with Gasteiger partial charge in [0.1, 0.15) is 5.82 Å². The molecule has 1 amide bonds. The van der Waals surface area contributed by atoms with E-state index in [1.807, 2.05) is 43.5 Å². The molecule has 0 radical (unpaired) electrons. The zero-order valence-electron chi connectivity index (χ0n) is 15.7. The fraction of sp³-hybridized carbons (Fsp3) is 0.304. The lowest BCUT2D eigenvalue weighted by Crippen LogP contribution is -2.28. The predicted octanol–water partition coefficient (Wildman–Crippen LogP) is 4.38. The summed E-state index contributed by atoms with van der Waals surface area (Å²) in [4.78, 5) is 20.2. The van der Waals surface area contributed by atoms with E-state index >= 15 is 0 Å². The second kappa shape index (κ2) is 7.78. The molecule has 3 aromatic rings. The smallest absolute Gasteiger partial charge is 0.224 e. The van der Waals surface area contributed by atoms with E-state index in [9.17, 15) is 4.79 Å². The maximum Gasteiger partial charge on any atom is 0.224 e. The number of amides is 1. The number of aryl methyl sites for hydroxylation is 2. The lowest BCUT2D eigenvalue weighted by atomic mass is 9.90. The highest BCUT2D eigenvalue weighted by Crippen LogP contribution is 2.23. The Kier molecular flexibility index (Phi) is 5.05. The van der Waals surface area contributed by atoms with Gasteiger partial charge in [0.15, 0.2) is 0 Å². The zero-order chi connectivity index (χ0) is 18.6. The number of imidazole rings is 1. The Morgan fingerprint density at radius 3 is 2.70 bits per heavy atom. The molecule has 1 atom stereocenters. The van der Waals surface area contributed by atoms with E-state index < -0.39 is 0 Å². The highest BCUT2D eigenvalue weighted by molar-refractivity contribution is 5.79. The first kappa shape index (κ1) is 17.5. The summed E-state index contributed by atoms with van der Waals surface area (Å²) in [5.41, 5.74) is 6.00. The molecule has 0 saturated heterocycles. The van der Waals surface area contributed by atoms with Gasteiger partial charge in [0.25, 0.3) is 0 Å². The Hall–Kier alpha value is -2.88. The number of hydrogen-bond acceptors (Lipinski definition) is 2. The van der Waals surface area contributed by atoms with Crippen LogP contribution in [0.25, 0.3) is 11.3 Å². The molecule has 2 N–H and O–H groups in total. The largest absolute Gasteiger partial charge is 0.346 e. The number of rotatable bonds is 5. The van der Waals surface area contributed by atoms with Crippen LogP contribution in [0.3, 0.4) is 0 Å². The molecule has 1 aromatic heterocycles. The molecule has 4 heteroatoms. The van der Waals surface area contributed by atoms with Gasteiger partial charge in [0.05, 0.1) is 24.4 Å². The number of nitrogens with zero attached hydrogens (tertiary/aromatic N) is 1. The van der Waals surface area contributed by atoms with Crippen molar-refractivity contribution in [2.45, 2.75) is 45.1 Å². The number of benzene rings is 2. The van der Waals surface area contributed by atoms with Crippen LogP contribution >= 0.6 is 0 Å². The van der Waals surface area contributed by atoms with Gasteiger partial charge >= 0.3 is 0 Å². The van der Waals surface area contributed by atoms with Crippen molar-refractivity contribution in [3.8, 4) is 11.3 Å². The monoisotopic (exact) mass is 359 g/mol. The summed E-state index contributed by atoms with van der Waals surface area (Å²) in [6, 6.07) is 16.4. The van der Waals surface area contributed by atoms with Crippen LogP contribution in [0.4, 0.5) is 0 Å². The summed E-state index contributed by atoms with van der Waals surface area (Å²) in [6.07, 6.45) is 7.05. The van der Waals surface area contributed by atoms with Crippen molar-refractivity contribution >= 4 is 5.91 Å². The second-order valence-corrected chi connectivity index (χ2v) is 7.32. The van der Waals surface area contributed by atoms with E-state index in [-0.39, 0.29) is 11.9 Å². The molecule has 2 aromatic carbocycles. The number of hydrogen-bond donors (Lipinski definition) is 2. The van der Waals surface area contributed by atoms with E-state index in [4.69, 9.17) is 0 Å². The van der Waals surface area contributed by atoms with Gasteiger partial charge in [-0.25, -0.2) is 4.98 Å². The molecule has 4 nitrogen and oxygen atoms in total. The molecule has 0 spiro atoms. The fourth-order valence-electron chi connectivity index (χ4n) is 3.76. The van der Waals surface area contributed by atoms with Crippen LogP contribution in [0.15, 0.2) is 54.7 Å². The number of carbonyl (C=O) groups excluding carboxylic acids is 1. The third kappa shape index (κ3) is 4.11. The Bertz CT molecular complexity index is 930. The highest BCUT2D eigenvalue weighted by Gasteiger charge is 2.15. The number of aromatic amines is 1. The van der Waals surface area contributed by atoms with Gasteiger partial charge in [0, 0.05) is 0 Å². The summed E-state index contributed by atoms with van der Waals surface area (Å²) in [5.74, 6) is 0.795. The van der Waals surface area contributed by atoms with Crippen molar-refractivity contribution in [2.75, 3.05) is 0 Å². The van der Waals surface area contributed by atoms with Crippen molar-refractivity contribution < 1.29 is 4.79 Å². The van der Waals surface area contributed by atoms with Crippen molar-refractivity contribution in [3.63, 3.8) is 0 Å². The van der Waals surface area contributed by atoms with Crippen LogP contribution in [0.2, 0.25) is 0 Å². The lowest BCUT2D eigenvalue weighted by Gasteiger charge is -2.17. The summed E-state index contributed by atoms with van der Waals surface area (Å²) in [5, 5.41) is 3.06. The van der Waals surface area contributed by atoms with E-state index in [2.05, 4.69) is 33.5 Å². The van der Waals surface area contributed by atoms with Crippen molar-refractivity contribution in [1.29, 1.82) is 0 Å². The molecule has 1 heterocycles. The number of nitrogens with one attached hydrogen (secondary N) is 2. The summed E-state index contributed by atoms with van der Waals surface area (Å²) < 4.78 is 0. The Morgan fingerprint density at radius 1 is 1.11 bits per heavy atom. The molecular weight excluding hydrogens is 334 g/mol. The zero-order valence-corrected chi connectivity index (χ0v) is 15.7. The van der Waals surface area contributed by atoms with Crippen molar-refractivity contribution in [1.82, 2.24) is 15.3 Å². The minimum atomic E-state index is -0.160. The average molecular weight is 359 g/mol. The number of aromatic nitrogens is 2. The molecule has 0 aliphatic heterocycles. The van der Waals surface area contributed by atoms with Crippen LogP contribution in [-0.2, 0) is 24.1 Å². The second-order valence-electron chi connectivity index (χ2n) is 7.32. The average Bonchev–Trinajstić information content (AvgIpc) is 3.19. The van der Waals surface area contributed by atoms with E-state index in [1.54, 1.807) is 0 Å². The van der Waals surface area contributed by atoms with Gasteiger partial charge in [0.2, 0.25) is 5.91 Å². The molecule has 0 fully saturated rings. The maximum atomic E-state index is 12.5. The predicted molar refractivity (Wildman–Crippen MR) is 107 cm³/mol. The molecule has 0 unspecified atom stereocenters. The topological polar surface area (TPSA) is 57.8 Å². The SMILES string of the molecule is C[C@H](NC(=O)Cc1ccc2c(c1)CCCC2)c1ncc(-c2ccccc2)[nH]1. The summed E-state index contributed by atoms with van der Waals surface area (Å²) >= 11 is 0. The number of H-pyrrole nitrogens is 1. The first-order valence-electron chi connectivity index (χ1n) is 9.69. The van der Waals surface area contributed by atoms with Crippen molar-refractivity contribution in [2.24, 2.45) is 0 Å². The third-order valence-electron chi connectivity index (χ3n) is 5.25. The quantitative estimate of drug-likeness (QED) is 0.710. The molecule has 1 aliphatic rings. The first-order chi connectivity index (χ1) is 13.2. The number of carbonyl (C=O) groups is 1. The van der Waals surface area contributed by atoms with Crippen LogP contribution in [0, 0.1) is 0 Å². The van der Waals surface area contributed by atoms with Crippen molar-refractivity contribution in [3.05, 3.63) is 77.2 Å². The number of fused-ring (bicyclic) bond motifs is 1. The van der Waals surface area contributed by atoms with Gasteiger partial charge in [-0.15, -0.1) is 0 Å². The maximum absolute atomic E-state index is 12.5. The van der Waals surface area contributed by atoms with E-state index in [0.29, 0.717) is 6.42 Å². The van der Waals surface area contributed by atoms with Gasteiger partial charge in [-0.3, -0.25) is 4.79 Å². The molecular formula is C23H25N3O. The van der Waals surface area contributed by atoms with Gasteiger partial charge in [-0.2, -0.15) is 0 Å². The summed E-state index contributed by atoms with van der Waals surface area (Å²) in [6.45, 7) is 1.96. The van der Waals surface area contributed by atoms with E-state index in [1.165, 1.54) is 30.4 Å². The van der Waals surface area contributed by atoms with Crippen LogP contribution in [-0.4, -0.2) is 15.9 Å². The summed E-state index contributed by atoms with van der Waals surface area (Å²) in [7, 11) is 0. The van der Waals surface area contributed by atoms with E-state index in [0.717, 1.165) is 29.1 Å². The highest BCUT2D eigenvalue weighted by atomic mass is 16.1. The Labute approximate surface area is 160 Å². The molecule has 138 valence electrons. The molecule has 27 heavy (non-hydrogen) atoms. The normalized spacial score (nSPS) is 14.4. The standard InChI is InChI=1S/C23H25N3O/c1-16(23-24-15-21(26-23)19-8-3-2-4-9-19)25-22(27)14-17-11-12-18-7-5-6-10-20(18)13-17/h2-4,8-9,11-13,15-16H,5-7,10,14H2,1H3,(H,24,26)(H,25,27)/t16-/m0/s1. The minimum absolute atomic E-state index is 0.0240. The van der Waals surface area contributed by atoms with Crippen LogP contribution < -0.4 is 5.32 Å².